The number of aliphatic imine (C=N–C) groups is 1. The van der Waals surface area contributed by atoms with Crippen LogP contribution in [-0.2, 0) is 4.79 Å². The van der Waals surface area contributed by atoms with Crippen LogP contribution in [0.2, 0.25) is 0 Å². The largest absolute Gasteiger partial charge is 0.489 e. The summed E-state index contributed by atoms with van der Waals surface area (Å²) in [6.45, 7) is 5.95. The molecule has 2 rings (SSSR count). The third kappa shape index (κ3) is 6.48. The number of hydrogen-bond donors (Lipinski definition) is 3. The zero-order valence-corrected chi connectivity index (χ0v) is 14.8. The van der Waals surface area contributed by atoms with Crippen LogP contribution in [0.3, 0.4) is 0 Å². The van der Waals surface area contributed by atoms with Gasteiger partial charge in [-0.25, -0.2) is 0 Å². The number of ether oxygens (including phenoxy) is 1. The van der Waals surface area contributed by atoms with E-state index >= 15 is 0 Å². The van der Waals surface area contributed by atoms with Gasteiger partial charge in [0.05, 0.1) is 6.54 Å². The summed E-state index contributed by atoms with van der Waals surface area (Å²) in [6.07, 6.45) is 2.07. The molecule has 1 aliphatic rings. The fourth-order valence-corrected chi connectivity index (χ4v) is 2.28. The van der Waals surface area contributed by atoms with Crippen LogP contribution in [0.4, 0.5) is 0 Å². The minimum absolute atomic E-state index is 0.0138. The van der Waals surface area contributed by atoms with E-state index in [1.165, 1.54) is 5.56 Å². The normalized spacial score (nSPS) is 15.5. The molecule has 0 aliphatic heterocycles. The number of nitrogens with one attached hydrogen (secondary N) is 3. The van der Waals surface area contributed by atoms with Crippen molar-refractivity contribution < 1.29 is 9.53 Å². The van der Waals surface area contributed by atoms with E-state index in [1.54, 1.807) is 7.05 Å². The zero-order valence-electron chi connectivity index (χ0n) is 14.8. The van der Waals surface area contributed by atoms with Crippen molar-refractivity contribution in [3.05, 3.63) is 29.8 Å². The van der Waals surface area contributed by atoms with Crippen molar-refractivity contribution in [2.75, 3.05) is 26.7 Å². The highest BCUT2D eigenvalue weighted by Gasteiger charge is 2.28. The summed E-state index contributed by atoms with van der Waals surface area (Å²) in [7, 11) is 1.73. The Bertz CT molecular complexity index is 570. The molecule has 0 bridgehead atoms. The molecule has 1 atom stereocenters. The fourth-order valence-electron chi connectivity index (χ4n) is 2.28. The van der Waals surface area contributed by atoms with Crippen LogP contribution in [-0.4, -0.2) is 44.7 Å². The van der Waals surface area contributed by atoms with Crippen LogP contribution < -0.4 is 20.7 Å². The van der Waals surface area contributed by atoms with Gasteiger partial charge in [-0.1, -0.05) is 12.1 Å². The number of carbonyl (C=O) groups is 1. The summed E-state index contributed by atoms with van der Waals surface area (Å²) >= 11 is 0. The van der Waals surface area contributed by atoms with Crippen LogP contribution >= 0.6 is 0 Å². The number of carbonyl (C=O) groups excluding carboxylic acids is 1. The van der Waals surface area contributed by atoms with Crippen LogP contribution in [0, 0.1) is 12.8 Å². The lowest BCUT2D eigenvalue weighted by atomic mass is 10.2. The molecular weight excluding hydrogens is 304 g/mol. The molecule has 1 aliphatic carbocycles. The van der Waals surface area contributed by atoms with Gasteiger partial charge in [-0.2, -0.15) is 0 Å². The van der Waals surface area contributed by atoms with Gasteiger partial charge in [-0.3, -0.25) is 9.79 Å². The molecule has 1 aromatic carbocycles. The molecule has 0 saturated heterocycles. The van der Waals surface area contributed by atoms with Crippen molar-refractivity contribution in [3.8, 4) is 5.75 Å². The number of hydrogen-bond acceptors (Lipinski definition) is 3. The Kier molecular flexibility index (Phi) is 6.90. The van der Waals surface area contributed by atoms with Crippen LogP contribution in [0.5, 0.6) is 5.75 Å². The van der Waals surface area contributed by atoms with Crippen molar-refractivity contribution >= 4 is 11.9 Å². The van der Waals surface area contributed by atoms with E-state index in [0.717, 1.165) is 18.6 Å². The quantitative estimate of drug-likeness (QED) is 0.383. The van der Waals surface area contributed by atoms with Crippen LogP contribution in [0.1, 0.15) is 25.3 Å². The van der Waals surface area contributed by atoms with E-state index in [-0.39, 0.29) is 17.9 Å². The summed E-state index contributed by atoms with van der Waals surface area (Å²) in [5.74, 6) is 1.99. The van der Waals surface area contributed by atoms with Crippen molar-refractivity contribution in [2.45, 2.75) is 32.8 Å². The molecule has 1 fully saturated rings. The molecule has 1 unspecified atom stereocenters. The highest BCUT2D eigenvalue weighted by molar-refractivity contribution is 5.81. The second kappa shape index (κ2) is 9.15. The predicted molar refractivity (Wildman–Crippen MR) is 96.4 cm³/mol. The first-order valence-corrected chi connectivity index (χ1v) is 8.54. The molecule has 0 heterocycles. The second-order valence-electron chi connectivity index (χ2n) is 6.19. The monoisotopic (exact) mass is 332 g/mol. The van der Waals surface area contributed by atoms with Crippen molar-refractivity contribution in [2.24, 2.45) is 10.9 Å². The van der Waals surface area contributed by atoms with Gasteiger partial charge in [0.25, 0.3) is 0 Å². The van der Waals surface area contributed by atoms with E-state index in [1.807, 2.05) is 38.1 Å². The van der Waals surface area contributed by atoms with E-state index in [9.17, 15) is 4.79 Å². The molecule has 0 radical (unpaired) electrons. The summed E-state index contributed by atoms with van der Waals surface area (Å²) < 4.78 is 5.88. The number of rotatable bonds is 8. The van der Waals surface area contributed by atoms with E-state index in [0.29, 0.717) is 25.6 Å². The maximum atomic E-state index is 11.5. The maximum absolute atomic E-state index is 11.5. The molecule has 132 valence electrons. The van der Waals surface area contributed by atoms with E-state index < -0.39 is 0 Å². The first-order chi connectivity index (χ1) is 11.6. The van der Waals surface area contributed by atoms with Gasteiger partial charge >= 0.3 is 0 Å². The summed E-state index contributed by atoms with van der Waals surface area (Å²) in [5, 5.41) is 9.33. The van der Waals surface area contributed by atoms with Crippen molar-refractivity contribution in [3.63, 3.8) is 0 Å². The third-order valence-corrected chi connectivity index (χ3v) is 3.77. The Balaban J connectivity index is 1.62. The first kappa shape index (κ1) is 18.1. The predicted octanol–water partition coefficient (Wildman–Crippen LogP) is 1.45. The van der Waals surface area contributed by atoms with Gasteiger partial charge in [-0.05, 0) is 44.4 Å². The molecular formula is C18H28N4O2. The second-order valence-corrected chi connectivity index (χ2v) is 6.19. The minimum Gasteiger partial charge on any atom is -0.489 e. The van der Waals surface area contributed by atoms with Gasteiger partial charge in [0, 0.05) is 26.1 Å². The van der Waals surface area contributed by atoms with Crippen LogP contribution in [0.15, 0.2) is 29.3 Å². The number of aryl methyl sites for hydroxylation is 1. The van der Waals surface area contributed by atoms with E-state index in [2.05, 4.69) is 20.9 Å². The third-order valence-electron chi connectivity index (χ3n) is 3.77. The van der Waals surface area contributed by atoms with Gasteiger partial charge in [0.15, 0.2) is 5.96 Å². The molecule has 6 heteroatoms. The van der Waals surface area contributed by atoms with Gasteiger partial charge in [-0.15, -0.1) is 0 Å². The van der Waals surface area contributed by atoms with Gasteiger partial charge in [0.1, 0.15) is 11.9 Å². The fraction of sp³-hybridized carbons (Fsp3) is 0.556. The topological polar surface area (TPSA) is 74.8 Å². The number of guanidine groups is 1. The molecule has 0 spiro atoms. The Morgan fingerprint density at radius 1 is 1.29 bits per heavy atom. The Hall–Kier alpha value is -2.24. The van der Waals surface area contributed by atoms with Gasteiger partial charge < -0.3 is 20.7 Å². The van der Waals surface area contributed by atoms with Gasteiger partial charge in [0.2, 0.25) is 5.91 Å². The lowest BCUT2D eigenvalue weighted by Crippen LogP contribution is -2.44. The molecule has 3 N–H and O–H groups in total. The van der Waals surface area contributed by atoms with Crippen LogP contribution in [0.25, 0.3) is 0 Å². The SMILES string of the molecule is CN=C(NCCNC(=O)C1CC1)NCC(C)Oc1cccc(C)c1. The highest BCUT2D eigenvalue weighted by Crippen LogP contribution is 2.28. The average Bonchev–Trinajstić information content (AvgIpc) is 3.39. The highest BCUT2D eigenvalue weighted by atomic mass is 16.5. The standard InChI is InChI=1S/C18H28N4O2/c1-13-5-4-6-16(11-13)24-14(2)12-22-18(19-3)21-10-9-20-17(23)15-7-8-15/h4-6,11,14-15H,7-10,12H2,1-3H3,(H,20,23)(H2,19,21,22). The molecule has 0 aromatic heterocycles. The number of amides is 1. The number of nitrogens with zero attached hydrogens (tertiary/aromatic N) is 1. The van der Waals surface area contributed by atoms with Crippen molar-refractivity contribution in [1.29, 1.82) is 0 Å². The molecule has 1 saturated carbocycles. The smallest absolute Gasteiger partial charge is 0.223 e. The Labute approximate surface area is 144 Å². The zero-order chi connectivity index (χ0) is 17.4. The number of benzene rings is 1. The summed E-state index contributed by atoms with van der Waals surface area (Å²) in [4.78, 5) is 15.7. The first-order valence-electron chi connectivity index (χ1n) is 8.54. The minimum atomic E-state index is 0.0138. The molecule has 1 aromatic rings. The Morgan fingerprint density at radius 3 is 2.71 bits per heavy atom. The summed E-state index contributed by atoms with van der Waals surface area (Å²) in [5.41, 5.74) is 1.18. The lowest BCUT2D eigenvalue weighted by molar-refractivity contribution is -0.122. The molecule has 24 heavy (non-hydrogen) atoms. The van der Waals surface area contributed by atoms with Crippen molar-refractivity contribution in [1.82, 2.24) is 16.0 Å². The molecule has 1 amide bonds. The maximum Gasteiger partial charge on any atom is 0.223 e. The summed E-state index contributed by atoms with van der Waals surface area (Å²) in [6, 6.07) is 8.01. The van der Waals surface area contributed by atoms with E-state index in [4.69, 9.17) is 4.74 Å². The Morgan fingerprint density at radius 2 is 2.04 bits per heavy atom. The average molecular weight is 332 g/mol. The molecule has 6 nitrogen and oxygen atoms in total. The lowest BCUT2D eigenvalue weighted by Gasteiger charge is -2.18.